The van der Waals surface area contributed by atoms with Gasteiger partial charge in [-0.15, -0.1) is 5.10 Å². The predicted molar refractivity (Wildman–Crippen MR) is 176 cm³/mol. The Morgan fingerprint density at radius 3 is 1.85 bits per heavy atom. The molecule has 0 aromatic carbocycles. The quantitative estimate of drug-likeness (QED) is 0.0999. The summed E-state index contributed by atoms with van der Waals surface area (Å²) in [7, 11) is 0. The van der Waals surface area contributed by atoms with Crippen LogP contribution in [0, 0.1) is 0 Å². The van der Waals surface area contributed by atoms with Crippen molar-refractivity contribution in [2.75, 3.05) is 19.6 Å². The maximum Gasteiger partial charge on any atom is 0.187 e. The van der Waals surface area contributed by atoms with E-state index in [9.17, 15) is 30.6 Å². The van der Waals surface area contributed by atoms with Gasteiger partial charge in [-0.2, -0.15) is 0 Å². The number of aromatic nitrogens is 3. The van der Waals surface area contributed by atoms with Gasteiger partial charge in [0.2, 0.25) is 0 Å². The van der Waals surface area contributed by atoms with E-state index in [-0.39, 0.29) is 32.1 Å². The van der Waals surface area contributed by atoms with Gasteiger partial charge in [-0.3, -0.25) is 0 Å². The molecular weight excluding hydrogens is 692 g/mol. The first-order valence-corrected chi connectivity index (χ1v) is 17.9. The highest BCUT2D eigenvalue weighted by Crippen LogP contribution is 2.35. The fourth-order valence-corrected chi connectivity index (χ4v) is 7.59. The summed E-state index contributed by atoms with van der Waals surface area (Å²) in [6.07, 6.45) is -14.7. The fourth-order valence-electron chi connectivity index (χ4n) is 7.59. The molecular formula is C30H56N10O12. The highest BCUT2D eigenvalue weighted by molar-refractivity contribution is 5.04. The zero-order chi connectivity index (χ0) is 37.4. The fraction of sp³-hybridized carbons (Fsp3) is 0.933. The zero-order valence-electron chi connectivity index (χ0n) is 28.7. The molecule has 1 aliphatic carbocycles. The van der Waals surface area contributed by atoms with Crippen molar-refractivity contribution in [1.82, 2.24) is 20.3 Å². The number of hydrogen-bond donors (Lipinski definition) is 13. The third kappa shape index (κ3) is 8.16. The molecule has 52 heavy (non-hydrogen) atoms. The van der Waals surface area contributed by atoms with Crippen molar-refractivity contribution >= 4 is 0 Å². The second-order valence-electron chi connectivity index (χ2n) is 14.4. The molecule has 298 valence electrons. The van der Waals surface area contributed by atoms with Crippen LogP contribution in [0.1, 0.15) is 37.4 Å². The summed E-state index contributed by atoms with van der Waals surface area (Å²) in [5.74, 6) is 0. The van der Waals surface area contributed by atoms with Crippen LogP contribution in [0.5, 0.6) is 0 Å². The highest BCUT2D eigenvalue weighted by atomic mass is 16.8. The van der Waals surface area contributed by atoms with Crippen LogP contribution in [0.25, 0.3) is 0 Å². The molecule has 22 nitrogen and oxygen atoms in total. The Hall–Kier alpha value is -1.62. The van der Waals surface area contributed by atoms with Crippen molar-refractivity contribution < 1.29 is 59.1 Å². The first-order chi connectivity index (χ1) is 24.8. The van der Waals surface area contributed by atoms with Gasteiger partial charge in [0.15, 0.2) is 18.9 Å². The lowest BCUT2D eigenvalue weighted by Gasteiger charge is -2.47. The van der Waals surface area contributed by atoms with Gasteiger partial charge in [-0.1, -0.05) is 11.6 Å². The molecule has 5 heterocycles. The van der Waals surface area contributed by atoms with Gasteiger partial charge >= 0.3 is 0 Å². The summed E-state index contributed by atoms with van der Waals surface area (Å²) in [6, 6.07) is -4.16. The number of hydrogen-bond acceptors (Lipinski definition) is 21. The number of rotatable bonds is 11. The largest absolute Gasteiger partial charge is 0.389 e. The summed E-state index contributed by atoms with van der Waals surface area (Å²) >= 11 is 0. The van der Waals surface area contributed by atoms with Gasteiger partial charge < -0.3 is 98.8 Å². The molecule has 1 aromatic rings. The minimum atomic E-state index is -1.57. The Bertz CT molecular complexity index is 1280. The smallest absolute Gasteiger partial charge is 0.187 e. The van der Waals surface area contributed by atoms with Crippen LogP contribution < -0.4 is 39.7 Å². The van der Waals surface area contributed by atoms with Crippen molar-refractivity contribution in [2.45, 2.75) is 155 Å². The summed E-state index contributed by atoms with van der Waals surface area (Å²) in [6.45, 7) is 0.557. The minimum absolute atomic E-state index is 0.00635. The van der Waals surface area contributed by atoms with Crippen molar-refractivity contribution in [1.29, 1.82) is 0 Å². The third-order valence-electron chi connectivity index (χ3n) is 10.8. The Labute approximate surface area is 299 Å². The van der Waals surface area contributed by atoms with Crippen molar-refractivity contribution in [3.63, 3.8) is 0 Å². The van der Waals surface area contributed by atoms with Crippen LogP contribution in [0.4, 0.5) is 0 Å². The van der Waals surface area contributed by atoms with Gasteiger partial charge in [-0.25, -0.2) is 4.68 Å². The topological polar surface area (TPSA) is 376 Å². The van der Waals surface area contributed by atoms with E-state index in [1.807, 2.05) is 0 Å². The Morgan fingerprint density at radius 2 is 1.27 bits per heavy atom. The van der Waals surface area contributed by atoms with Crippen molar-refractivity contribution in [3.05, 3.63) is 11.9 Å². The Morgan fingerprint density at radius 1 is 0.692 bits per heavy atom. The van der Waals surface area contributed by atoms with E-state index in [2.05, 4.69) is 15.6 Å². The number of piperidine rings is 1. The summed E-state index contributed by atoms with van der Waals surface area (Å²) in [4.78, 5) is 0. The van der Waals surface area contributed by atoms with E-state index >= 15 is 0 Å². The van der Waals surface area contributed by atoms with E-state index in [4.69, 9.17) is 62.8 Å². The molecule has 22 heteroatoms. The third-order valence-corrected chi connectivity index (χ3v) is 10.8. The number of nitrogens with zero attached hydrogens (tertiary/aromatic N) is 3. The summed E-state index contributed by atoms with van der Waals surface area (Å²) in [5.41, 5.74) is 37.3. The van der Waals surface area contributed by atoms with Gasteiger partial charge in [0, 0.05) is 25.2 Å². The highest BCUT2D eigenvalue weighted by Gasteiger charge is 2.54. The monoisotopic (exact) mass is 748 g/mol. The number of nitrogens with one attached hydrogen (secondary N) is 1. The molecule has 4 saturated heterocycles. The predicted octanol–water partition coefficient (Wildman–Crippen LogP) is -7.78. The van der Waals surface area contributed by atoms with E-state index in [0.29, 0.717) is 0 Å². The standard InChI is InChI=1S/C30H56N10O12/c31-6-14-20(42)22(44)17(35)28(47-14)50-25-11(34)5-10(33)19(41)27(25)52-30-24(46)26(51-29-18(36)23(45)21(43)15(7-32)48-29)16(49-30)9-40-8-13(38-39-40)12-3-1-2-4-37-12/h8,10-12,14-30,37,41-46H,1-7,9,31-36H2/t10-,11+,12?,14-,15+,16-,17-,18-,19+,20-,21-,22-,23-,24-,25-,26-,27-,28-,29-,30+/m1/s1. The van der Waals surface area contributed by atoms with E-state index in [0.717, 1.165) is 31.5 Å². The average Bonchev–Trinajstić information content (AvgIpc) is 3.72. The second kappa shape index (κ2) is 17.0. The molecule has 5 fully saturated rings. The molecule has 4 aliphatic heterocycles. The lowest BCUT2D eigenvalue weighted by Crippen LogP contribution is -2.68. The van der Waals surface area contributed by atoms with Crippen LogP contribution in [0.3, 0.4) is 0 Å². The molecule has 0 amide bonds. The first-order valence-electron chi connectivity index (χ1n) is 17.9. The maximum atomic E-state index is 11.7. The molecule has 20 atom stereocenters. The maximum absolute atomic E-state index is 11.7. The zero-order valence-corrected chi connectivity index (χ0v) is 28.7. The van der Waals surface area contributed by atoms with Gasteiger partial charge in [0.05, 0.1) is 42.7 Å². The van der Waals surface area contributed by atoms with Gasteiger partial charge in [0.25, 0.3) is 0 Å². The molecule has 0 spiro atoms. The molecule has 1 aromatic heterocycles. The lowest BCUT2D eigenvalue weighted by molar-refractivity contribution is -0.306. The van der Waals surface area contributed by atoms with E-state index < -0.39 is 116 Å². The molecule has 1 unspecified atom stereocenters. The molecule has 19 N–H and O–H groups in total. The normalized spacial score (nSPS) is 48.9. The minimum Gasteiger partial charge on any atom is -0.389 e. The van der Waals surface area contributed by atoms with Gasteiger partial charge in [0.1, 0.15) is 67.1 Å². The SMILES string of the molecule is NC[C@@H]1O[C@H](O[C@H]2[C@@H](O)[C@H](O[C@@H]3[C@@H](O)[C@H](N)C[C@H](N)[C@H]3O[C@H]3O[C@H](CN)[C@@H](O)[C@H](O)[C@H]3N)O[C@@H]2Cn2cc(C3CCCCN3)nn2)[C@H](N)[C@@H](O)[C@@H]1O. The molecule has 0 bridgehead atoms. The number of ether oxygens (including phenoxy) is 6. The molecule has 0 radical (unpaired) electrons. The van der Waals surface area contributed by atoms with Crippen LogP contribution >= 0.6 is 0 Å². The number of aliphatic hydroxyl groups is 6. The van der Waals surface area contributed by atoms with Crippen LogP contribution in [0.2, 0.25) is 0 Å². The molecule has 1 saturated carbocycles. The van der Waals surface area contributed by atoms with Crippen molar-refractivity contribution in [3.8, 4) is 0 Å². The average molecular weight is 749 g/mol. The van der Waals surface area contributed by atoms with E-state index in [1.54, 1.807) is 6.20 Å². The van der Waals surface area contributed by atoms with Crippen LogP contribution in [-0.4, -0.2) is 182 Å². The number of nitrogens with two attached hydrogens (primary N) is 6. The molecule has 6 rings (SSSR count). The van der Waals surface area contributed by atoms with Crippen molar-refractivity contribution in [2.24, 2.45) is 34.4 Å². The lowest BCUT2D eigenvalue weighted by atomic mass is 9.84. The summed E-state index contributed by atoms with van der Waals surface area (Å²) in [5, 5.41) is 76.9. The van der Waals surface area contributed by atoms with E-state index in [1.165, 1.54) is 4.68 Å². The molecule has 5 aliphatic rings. The van der Waals surface area contributed by atoms with Gasteiger partial charge in [-0.05, 0) is 25.8 Å². The Kier molecular flexibility index (Phi) is 13.1. The van der Waals surface area contributed by atoms with Crippen LogP contribution in [0.15, 0.2) is 6.20 Å². The first kappa shape index (κ1) is 40.1. The number of aliphatic hydroxyl groups excluding tert-OH is 6. The summed E-state index contributed by atoms with van der Waals surface area (Å²) < 4.78 is 37.9. The van der Waals surface area contributed by atoms with Crippen LogP contribution in [-0.2, 0) is 35.0 Å². The Balaban J connectivity index is 1.23. The second-order valence-corrected chi connectivity index (χ2v) is 14.4.